The van der Waals surface area contributed by atoms with Crippen molar-refractivity contribution in [2.24, 2.45) is 0 Å². The highest BCUT2D eigenvalue weighted by atomic mass is 32.2. The van der Waals surface area contributed by atoms with Crippen LogP contribution in [0, 0.1) is 6.92 Å². The van der Waals surface area contributed by atoms with Gasteiger partial charge in [-0.15, -0.1) is 5.10 Å². The maximum Gasteiger partial charge on any atom is 0.338 e. The van der Waals surface area contributed by atoms with Gasteiger partial charge in [0.15, 0.2) is 0 Å². The maximum atomic E-state index is 13.7. The monoisotopic (exact) mass is 588 g/mol. The number of rotatable bonds is 10. The molecule has 1 unspecified atom stereocenters. The van der Waals surface area contributed by atoms with E-state index in [9.17, 15) is 4.79 Å². The lowest BCUT2D eigenvalue weighted by molar-refractivity contribution is -0.140. The zero-order valence-corrected chi connectivity index (χ0v) is 24.9. The quantitative estimate of drug-likeness (QED) is 0.134. The number of hydrogen-bond donors (Lipinski definition) is 1. The number of ether oxygens (including phenoxy) is 2. The van der Waals surface area contributed by atoms with Crippen molar-refractivity contribution in [3.8, 4) is 5.75 Å². The molecule has 0 radical (unpaired) electrons. The maximum absolute atomic E-state index is 13.7. The fourth-order valence-corrected chi connectivity index (χ4v) is 5.70. The Morgan fingerprint density at radius 3 is 2.28 bits per heavy atom. The second-order valence-electron chi connectivity index (χ2n) is 10.4. The molecule has 1 aliphatic rings. The molecule has 0 bridgehead atoms. The topological polar surface area (TPSA) is 78.3 Å². The van der Waals surface area contributed by atoms with Crippen molar-refractivity contribution < 1.29 is 14.3 Å². The number of esters is 1. The lowest BCUT2D eigenvalue weighted by Gasteiger charge is -2.28. The van der Waals surface area contributed by atoms with Crippen LogP contribution < -0.4 is 10.1 Å². The minimum atomic E-state index is -0.555. The summed E-state index contributed by atoms with van der Waals surface area (Å²) < 4.78 is 13.8. The van der Waals surface area contributed by atoms with Gasteiger partial charge >= 0.3 is 5.97 Å². The molecular weight excluding hydrogens is 556 g/mol. The molecule has 1 aliphatic heterocycles. The van der Waals surface area contributed by atoms with Crippen molar-refractivity contribution in [3.63, 3.8) is 0 Å². The molecule has 7 nitrogen and oxygen atoms in total. The van der Waals surface area contributed by atoms with Gasteiger partial charge < -0.3 is 14.8 Å². The van der Waals surface area contributed by atoms with E-state index in [1.54, 1.807) is 16.4 Å². The average Bonchev–Trinajstić information content (AvgIpc) is 3.45. The van der Waals surface area contributed by atoms with E-state index in [1.807, 2.05) is 79.7 Å². The predicted molar refractivity (Wildman–Crippen MR) is 169 cm³/mol. The number of carbonyl (C=O) groups excluding carboxylic acids is 1. The fourth-order valence-electron chi connectivity index (χ4n) is 4.91. The number of carbonyl (C=O) groups is 1. The molecule has 43 heavy (non-hydrogen) atoms. The summed E-state index contributed by atoms with van der Waals surface area (Å²) in [6.07, 6.45) is 0. The zero-order valence-electron chi connectivity index (χ0n) is 24.1. The number of benzene rings is 4. The normalized spacial score (nSPS) is 14.1. The number of aryl methyl sites for hydroxylation is 1. The third-order valence-corrected chi connectivity index (χ3v) is 8.09. The molecule has 1 atom stereocenters. The van der Waals surface area contributed by atoms with Crippen LogP contribution in [0.1, 0.15) is 40.8 Å². The zero-order chi connectivity index (χ0) is 29.6. The number of hydrogen-bond acceptors (Lipinski definition) is 7. The van der Waals surface area contributed by atoms with Gasteiger partial charge in [0.25, 0.3) is 0 Å². The molecule has 0 aliphatic carbocycles. The Labute approximate surface area is 255 Å². The van der Waals surface area contributed by atoms with E-state index in [2.05, 4.69) is 48.6 Å². The summed E-state index contributed by atoms with van der Waals surface area (Å²) in [4.78, 5) is 18.5. The van der Waals surface area contributed by atoms with E-state index >= 15 is 0 Å². The molecule has 2 heterocycles. The first-order valence-corrected chi connectivity index (χ1v) is 15.1. The van der Waals surface area contributed by atoms with Crippen LogP contribution in [-0.2, 0) is 28.5 Å². The fraction of sp³-hybridized carbons (Fsp3) is 0.171. The number of nitrogens with one attached hydrogen (secondary N) is 1. The van der Waals surface area contributed by atoms with Crippen LogP contribution >= 0.6 is 11.8 Å². The summed E-state index contributed by atoms with van der Waals surface area (Å²) in [6, 6.07) is 35.4. The molecule has 8 heteroatoms. The standard InChI is InChI=1S/C35H32N4O3S/c1-24-16-18-27(19-17-24)21-41-30-15-9-14-29(20-30)32-31(33(40)42-22-26-10-5-3-6-11-26)25(2)36-34-37-35(38-39(32)34)43-23-28-12-7-4-8-13-28/h3-20,32H,21-23H2,1-2H3,(H,36,37,38). The highest BCUT2D eigenvalue weighted by Gasteiger charge is 2.35. The highest BCUT2D eigenvalue weighted by Crippen LogP contribution is 2.38. The largest absolute Gasteiger partial charge is 0.489 e. The molecule has 0 saturated carbocycles. The van der Waals surface area contributed by atoms with Crippen LogP contribution in [-0.4, -0.2) is 20.7 Å². The molecular formula is C35H32N4O3S. The molecule has 0 spiro atoms. The Bertz CT molecular complexity index is 1730. The highest BCUT2D eigenvalue weighted by molar-refractivity contribution is 7.98. The number of anilines is 1. The molecule has 1 N–H and O–H groups in total. The number of nitrogens with zero attached hydrogens (tertiary/aromatic N) is 3. The van der Waals surface area contributed by atoms with Crippen molar-refractivity contribution in [2.75, 3.05) is 5.32 Å². The van der Waals surface area contributed by atoms with E-state index in [1.165, 1.54) is 11.1 Å². The van der Waals surface area contributed by atoms with E-state index in [-0.39, 0.29) is 6.61 Å². The molecule has 1 aromatic heterocycles. The van der Waals surface area contributed by atoms with Gasteiger partial charge in [0.1, 0.15) is 25.0 Å². The van der Waals surface area contributed by atoms with Gasteiger partial charge in [0, 0.05) is 11.4 Å². The molecule has 4 aromatic carbocycles. The Morgan fingerprint density at radius 1 is 0.837 bits per heavy atom. The Balaban J connectivity index is 1.30. The summed E-state index contributed by atoms with van der Waals surface area (Å²) in [7, 11) is 0. The first-order chi connectivity index (χ1) is 21.0. The summed E-state index contributed by atoms with van der Waals surface area (Å²) in [5.74, 6) is 1.59. The van der Waals surface area contributed by atoms with E-state index in [0.717, 1.165) is 22.4 Å². The lowest BCUT2D eigenvalue weighted by Crippen LogP contribution is -2.29. The van der Waals surface area contributed by atoms with Crippen molar-refractivity contribution in [3.05, 3.63) is 148 Å². The summed E-state index contributed by atoms with van der Waals surface area (Å²) in [5, 5.41) is 8.78. The molecule has 216 valence electrons. The Morgan fingerprint density at radius 2 is 1.53 bits per heavy atom. The molecule has 0 fully saturated rings. The van der Waals surface area contributed by atoms with Gasteiger partial charge in [-0.3, -0.25) is 0 Å². The van der Waals surface area contributed by atoms with Crippen LogP contribution in [0.5, 0.6) is 5.75 Å². The minimum Gasteiger partial charge on any atom is -0.489 e. The van der Waals surface area contributed by atoms with Crippen LogP contribution in [0.2, 0.25) is 0 Å². The third-order valence-electron chi connectivity index (χ3n) is 7.18. The third kappa shape index (κ3) is 6.81. The molecule has 6 rings (SSSR count). The van der Waals surface area contributed by atoms with Crippen molar-refractivity contribution in [2.45, 2.75) is 44.0 Å². The summed E-state index contributed by atoms with van der Waals surface area (Å²) in [5.41, 5.74) is 6.38. The lowest BCUT2D eigenvalue weighted by atomic mass is 9.95. The van der Waals surface area contributed by atoms with Gasteiger partial charge in [-0.1, -0.05) is 114 Å². The SMILES string of the molecule is CC1=C(C(=O)OCc2ccccc2)C(c2cccc(OCc3ccc(C)cc3)c2)n2nc(SCc3ccccc3)nc2N1. The predicted octanol–water partition coefficient (Wildman–Crippen LogP) is 7.49. The first kappa shape index (κ1) is 28.3. The van der Waals surface area contributed by atoms with Crippen LogP contribution in [0.4, 0.5) is 5.95 Å². The Kier molecular flexibility index (Phi) is 8.56. The van der Waals surface area contributed by atoms with E-state index in [0.29, 0.717) is 34.7 Å². The summed E-state index contributed by atoms with van der Waals surface area (Å²) >= 11 is 1.55. The average molecular weight is 589 g/mol. The second-order valence-corrected chi connectivity index (χ2v) is 11.4. The summed E-state index contributed by atoms with van der Waals surface area (Å²) in [6.45, 7) is 4.55. The second kappa shape index (κ2) is 13.0. The van der Waals surface area contributed by atoms with Gasteiger partial charge in [0.05, 0.1) is 5.57 Å². The Hall–Kier alpha value is -4.82. The van der Waals surface area contributed by atoms with Gasteiger partial charge in [-0.2, -0.15) is 4.98 Å². The van der Waals surface area contributed by atoms with Crippen LogP contribution in [0.25, 0.3) is 0 Å². The van der Waals surface area contributed by atoms with Crippen LogP contribution in [0.15, 0.2) is 126 Å². The smallest absolute Gasteiger partial charge is 0.338 e. The molecule has 0 saturated heterocycles. The first-order valence-electron chi connectivity index (χ1n) is 14.1. The van der Waals surface area contributed by atoms with Crippen molar-refractivity contribution in [1.82, 2.24) is 14.8 Å². The van der Waals surface area contributed by atoms with Crippen molar-refractivity contribution in [1.29, 1.82) is 0 Å². The van der Waals surface area contributed by atoms with Gasteiger partial charge in [0.2, 0.25) is 11.1 Å². The van der Waals surface area contributed by atoms with E-state index in [4.69, 9.17) is 19.6 Å². The number of aromatic nitrogens is 3. The minimum absolute atomic E-state index is 0.172. The van der Waals surface area contributed by atoms with Gasteiger partial charge in [-0.25, -0.2) is 9.48 Å². The molecule has 5 aromatic rings. The van der Waals surface area contributed by atoms with Crippen LogP contribution in [0.3, 0.4) is 0 Å². The van der Waals surface area contributed by atoms with E-state index < -0.39 is 12.0 Å². The number of allylic oxidation sites excluding steroid dienone is 1. The van der Waals surface area contributed by atoms with Crippen molar-refractivity contribution >= 4 is 23.7 Å². The number of fused-ring (bicyclic) bond motifs is 1. The number of thioether (sulfide) groups is 1. The molecule has 0 amide bonds. The van der Waals surface area contributed by atoms with Gasteiger partial charge in [-0.05, 0) is 48.2 Å².